The zero-order chi connectivity index (χ0) is 19.9. The number of carbonyl (C=O) groups excluding carboxylic acids is 2. The number of fused-ring (bicyclic) bond motifs is 1. The first-order valence-corrected chi connectivity index (χ1v) is 9.10. The Balaban J connectivity index is 1.52. The first-order valence-electron chi connectivity index (χ1n) is 9.10. The number of benzene rings is 2. The fraction of sp³-hybridized carbons (Fsp3) is 0.286. The Labute approximate surface area is 162 Å². The molecular formula is C21H22N2O5. The number of aliphatic carboxylic acids is 1. The van der Waals surface area contributed by atoms with Crippen molar-refractivity contribution in [3.8, 4) is 5.75 Å². The number of carboxylic acid groups (broad SMARTS) is 1. The second-order valence-corrected chi connectivity index (χ2v) is 6.58. The van der Waals surface area contributed by atoms with Gasteiger partial charge in [0, 0.05) is 19.5 Å². The number of amides is 2. The predicted molar refractivity (Wildman–Crippen MR) is 103 cm³/mol. The maximum atomic E-state index is 12.2. The molecule has 7 nitrogen and oxygen atoms in total. The first kappa shape index (κ1) is 19.4. The van der Waals surface area contributed by atoms with Gasteiger partial charge in [0.25, 0.3) is 5.91 Å². The van der Waals surface area contributed by atoms with Crippen LogP contribution in [0.4, 0.5) is 5.69 Å². The van der Waals surface area contributed by atoms with Gasteiger partial charge in [-0.05, 0) is 24.1 Å². The molecule has 0 bridgehead atoms. The van der Waals surface area contributed by atoms with Crippen LogP contribution in [0.15, 0.2) is 54.6 Å². The van der Waals surface area contributed by atoms with Crippen LogP contribution in [0.1, 0.15) is 12.0 Å². The molecule has 2 amide bonds. The van der Waals surface area contributed by atoms with Gasteiger partial charge in [-0.3, -0.25) is 14.4 Å². The quantitative estimate of drug-likeness (QED) is 0.727. The molecule has 0 saturated heterocycles. The van der Waals surface area contributed by atoms with Crippen molar-refractivity contribution in [1.82, 2.24) is 5.32 Å². The zero-order valence-corrected chi connectivity index (χ0v) is 15.3. The van der Waals surface area contributed by atoms with Crippen molar-refractivity contribution in [2.24, 2.45) is 5.92 Å². The summed E-state index contributed by atoms with van der Waals surface area (Å²) in [6.45, 7) is 0.189. The average Bonchev–Trinajstić information content (AvgIpc) is 2.71. The van der Waals surface area contributed by atoms with Gasteiger partial charge < -0.3 is 20.1 Å². The molecule has 0 fully saturated rings. The summed E-state index contributed by atoms with van der Waals surface area (Å²) in [6, 6.07) is 16.5. The van der Waals surface area contributed by atoms with Crippen molar-refractivity contribution >= 4 is 23.5 Å². The molecule has 2 aromatic rings. The molecule has 0 aliphatic carbocycles. The number of para-hydroxylation sites is 2. The fourth-order valence-corrected chi connectivity index (χ4v) is 3.08. The second-order valence-electron chi connectivity index (χ2n) is 6.58. The van der Waals surface area contributed by atoms with Crippen LogP contribution in [-0.4, -0.2) is 42.6 Å². The topological polar surface area (TPSA) is 95.9 Å². The fourth-order valence-electron chi connectivity index (χ4n) is 3.08. The van der Waals surface area contributed by atoms with Gasteiger partial charge in [0.15, 0.2) is 6.61 Å². The largest absolute Gasteiger partial charge is 0.482 e. The number of rotatable bonds is 8. The Morgan fingerprint density at radius 2 is 1.82 bits per heavy atom. The van der Waals surface area contributed by atoms with Gasteiger partial charge in [-0.1, -0.05) is 42.5 Å². The first-order chi connectivity index (χ1) is 13.5. The summed E-state index contributed by atoms with van der Waals surface area (Å²) >= 11 is 0. The normalized spacial score (nSPS) is 14.0. The molecule has 0 spiro atoms. The van der Waals surface area contributed by atoms with E-state index in [9.17, 15) is 19.5 Å². The van der Waals surface area contributed by atoms with Crippen LogP contribution < -0.4 is 15.0 Å². The van der Waals surface area contributed by atoms with E-state index in [1.54, 1.807) is 18.2 Å². The molecule has 1 aliphatic rings. The Hall–Kier alpha value is -3.35. The van der Waals surface area contributed by atoms with E-state index < -0.39 is 11.9 Å². The van der Waals surface area contributed by atoms with Crippen molar-refractivity contribution < 1.29 is 24.2 Å². The number of hydrogen-bond donors (Lipinski definition) is 2. The maximum Gasteiger partial charge on any atom is 0.308 e. The molecule has 146 valence electrons. The third-order valence-corrected chi connectivity index (χ3v) is 4.59. The average molecular weight is 382 g/mol. The summed E-state index contributed by atoms with van der Waals surface area (Å²) in [6.07, 6.45) is 0.420. The molecule has 1 heterocycles. The third kappa shape index (κ3) is 4.88. The Kier molecular flexibility index (Phi) is 6.26. The minimum atomic E-state index is -0.957. The highest BCUT2D eigenvalue weighted by Gasteiger charge is 2.25. The number of nitrogens with one attached hydrogen (secondary N) is 1. The second kappa shape index (κ2) is 9.03. The summed E-state index contributed by atoms with van der Waals surface area (Å²) in [5, 5.41) is 12.1. The molecular weight excluding hydrogens is 360 g/mol. The summed E-state index contributed by atoms with van der Waals surface area (Å²) in [4.78, 5) is 37.3. The molecule has 7 heteroatoms. The Morgan fingerprint density at radius 1 is 1.11 bits per heavy atom. The Morgan fingerprint density at radius 3 is 2.57 bits per heavy atom. The van der Waals surface area contributed by atoms with E-state index in [0.29, 0.717) is 17.9 Å². The van der Waals surface area contributed by atoms with E-state index in [1.165, 1.54) is 4.90 Å². The summed E-state index contributed by atoms with van der Waals surface area (Å²) in [5.41, 5.74) is 1.54. The van der Waals surface area contributed by atoms with Crippen molar-refractivity contribution in [2.45, 2.75) is 12.8 Å². The highest BCUT2D eigenvalue weighted by Crippen LogP contribution is 2.31. The van der Waals surface area contributed by atoms with E-state index in [0.717, 1.165) is 5.56 Å². The minimum absolute atomic E-state index is 0.0384. The number of nitrogens with zero attached hydrogens (tertiary/aromatic N) is 1. The van der Waals surface area contributed by atoms with E-state index in [2.05, 4.69) is 5.32 Å². The third-order valence-electron chi connectivity index (χ3n) is 4.59. The summed E-state index contributed by atoms with van der Waals surface area (Å²) in [5.74, 6) is -1.56. The molecule has 2 aromatic carbocycles. The number of hydrogen-bond acceptors (Lipinski definition) is 4. The lowest BCUT2D eigenvalue weighted by Gasteiger charge is -2.29. The van der Waals surface area contributed by atoms with Crippen molar-refractivity contribution in [3.63, 3.8) is 0 Å². The molecule has 1 aliphatic heterocycles. The summed E-state index contributed by atoms with van der Waals surface area (Å²) in [7, 11) is 0. The van der Waals surface area contributed by atoms with Crippen LogP contribution >= 0.6 is 0 Å². The standard InChI is InChI=1S/C21H22N2O5/c24-19(22-13-16(21(26)27)12-15-6-2-1-3-7-15)10-11-23-17-8-4-5-9-18(17)28-14-20(23)25/h1-9,16H,10-14H2,(H,22,24)(H,26,27). The van der Waals surface area contributed by atoms with Crippen molar-refractivity contribution in [1.29, 1.82) is 0 Å². The summed E-state index contributed by atoms with van der Waals surface area (Å²) < 4.78 is 5.38. The number of carbonyl (C=O) groups is 3. The van der Waals surface area contributed by atoms with Crippen LogP contribution in [0.2, 0.25) is 0 Å². The molecule has 1 unspecified atom stereocenters. The molecule has 3 rings (SSSR count). The zero-order valence-electron chi connectivity index (χ0n) is 15.3. The smallest absolute Gasteiger partial charge is 0.308 e. The lowest BCUT2D eigenvalue weighted by Crippen LogP contribution is -2.41. The van der Waals surface area contributed by atoms with Gasteiger partial charge in [-0.15, -0.1) is 0 Å². The highest BCUT2D eigenvalue weighted by molar-refractivity contribution is 5.98. The van der Waals surface area contributed by atoms with Crippen molar-refractivity contribution in [3.05, 3.63) is 60.2 Å². The van der Waals surface area contributed by atoms with E-state index in [4.69, 9.17) is 4.74 Å². The Bertz CT molecular complexity index is 853. The molecule has 0 aromatic heterocycles. The van der Waals surface area contributed by atoms with Crippen LogP contribution in [-0.2, 0) is 20.8 Å². The maximum absolute atomic E-state index is 12.2. The number of carboxylic acids is 1. The molecule has 2 N–H and O–H groups in total. The van der Waals surface area contributed by atoms with Gasteiger partial charge in [0.2, 0.25) is 5.91 Å². The lowest BCUT2D eigenvalue weighted by atomic mass is 9.99. The van der Waals surface area contributed by atoms with Gasteiger partial charge in [-0.2, -0.15) is 0 Å². The predicted octanol–water partition coefficient (Wildman–Crippen LogP) is 1.86. The molecule has 0 radical (unpaired) electrons. The number of ether oxygens (including phenoxy) is 1. The highest BCUT2D eigenvalue weighted by atomic mass is 16.5. The van der Waals surface area contributed by atoms with E-state index in [-0.39, 0.29) is 37.9 Å². The number of anilines is 1. The van der Waals surface area contributed by atoms with Crippen LogP contribution in [0.3, 0.4) is 0 Å². The van der Waals surface area contributed by atoms with E-state index in [1.807, 2.05) is 36.4 Å². The molecule has 1 atom stereocenters. The molecule has 0 saturated carbocycles. The van der Waals surface area contributed by atoms with Gasteiger partial charge in [0.1, 0.15) is 5.75 Å². The molecule has 28 heavy (non-hydrogen) atoms. The van der Waals surface area contributed by atoms with E-state index >= 15 is 0 Å². The van der Waals surface area contributed by atoms with Crippen molar-refractivity contribution in [2.75, 3.05) is 24.6 Å². The van der Waals surface area contributed by atoms with Crippen LogP contribution in [0.5, 0.6) is 5.75 Å². The van der Waals surface area contributed by atoms with Gasteiger partial charge in [-0.25, -0.2) is 0 Å². The van der Waals surface area contributed by atoms with Gasteiger partial charge >= 0.3 is 5.97 Å². The monoisotopic (exact) mass is 382 g/mol. The lowest BCUT2D eigenvalue weighted by molar-refractivity contribution is -0.141. The van der Waals surface area contributed by atoms with Crippen LogP contribution in [0.25, 0.3) is 0 Å². The van der Waals surface area contributed by atoms with Gasteiger partial charge in [0.05, 0.1) is 11.6 Å². The SMILES string of the molecule is O=C(CCN1C(=O)COc2ccccc21)NCC(Cc1ccccc1)C(=O)O. The minimum Gasteiger partial charge on any atom is -0.482 e. The van der Waals surface area contributed by atoms with Crippen LogP contribution in [0, 0.1) is 5.92 Å².